The Morgan fingerprint density at radius 1 is 0.543 bits per heavy atom. The fourth-order valence-corrected chi connectivity index (χ4v) is 17.8. The van der Waals surface area contributed by atoms with Gasteiger partial charge in [0, 0.05) is 80.7 Å². The lowest BCUT2D eigenvalue weighted by Crippen LogP contribution is -2.65. The molecule has 8 amide bonds. The van der Waals surface area contributed by atoms with Crippen LogP contribution in [0.15, 0.2) is 107 Å². The molecule has 0 bridgehead atoms. The van der Waals surface area contributed by atoms with Crippen molar-refractivity contribution in [3.05, 3.63) is 131 Å². The monoisotopic (exact) mass is 1150 g/mol. The first-order valence-electron chi connectivity index (χ1n) is 26.7. The van der Waals surface area contributed by atoms with Gasteiger partial charge in [-0.25, -0.2) is 38.4 Å². The molecule has 81 heavy (non-hydrogen) atoms. The van der Waals surface area contributed by atoms with Crippen molar-refractivity contribution in [1.82, 2.24) is 50.3 Å². The Bertz CT molecular complexity index is 3170. The zero-order chi connectivity index (χ0) is 56.5. The minimum absolute atomic E-state index is 0. The largest absolute Gasteiger partial charge is 0.412 e. The number of halogens is 2. The molecule has 7 N–H and O–H groups in total. The molecule has 6 saturated heterocycles. The van der Waals surface area contributed by atoms with Gasteiger partial charge in [-0.3, -0.25) is 38.8 Å². The van der Waals surface area contributed by atoms with Crippen molar-refractivity contribution in [2.75, 3.05) is 71.1 Å². The molecule has 10 atom stereocenters. The molecule has 4 aromatic carbocycles. The van der Waals surface area contributed by atoms with Crippen LogP contribution in [0.3, 0.4) is 0 Å². The highest BCUT2D eigenvalue weighted by Gasteiger charge is 2.81. The summed E-state index contributed by atoms with van der Waals surface area (Å²) < 4.78 is 28.0. The second kappa shape index (κ2) is 20.1. The highest BCUT2D eigenvalue weighted by atomic mass is 32.2. The van der Waals surface area contributed by atoms with Gasteiger partial charge in [0.05, 0.1) is 0 Å². The third kappa shape index (κ3) is 7.01. The van der Waals surface area contributed by atoms with Crippen LogP contribution in [0.2, 0.25) is 0 Å². The third-order valence-corrected chi connectivity index (χ3v) is 20.7. The van der Waals surface area contributed by atoms with Crippen molar-refractivity contribution in [2.45, 2.75) is 84.8 Å². The van der Waals surface area contributed by atoms with Gasteiger partial charge >= 0.3 is 12.1 Å². The van der Waals surface area contributed by atoms with Crippen LogP contribution >= 0.6 is 23.5 Å². The number of amides is 8. The van der Waals surface area contributed by atoms with Crippen molar-refractivity contribution in [3.63, 3.8) is 0 Å². The molecule has 0 aromatic heterocycles. The summed E-state index contributed by atoms with van der Waals surface area (Å²) in [7, 11) is 4.63. The number of likely N-dealkylation sites (tertiary alicyclic amines) is 2. The SMILES string of the molecule is CCN1C(=O)N(CC)[C@H]2N=C3S[C@]4(C(=O)N3N[C@H]21)[C@H](c1ccccc1F)CN(C)[C@]41C(=O)Nc2ccccc21.CCN1C(=O)N(CC)[C@H]2NN3C(=O)[C@]4(SC3=N[C@H]21)[C@@H](c1ccccc1F)CN(C)[C@@]41C(=O)Nc2ccccc21.CO.O. The normalized spacial score (nSPS) is 32.1. The van der Waals surface area contributed by atoms with Gasteiger partial charge in [0.15, 0.2) is 33.7 Å². The summed E-state index contributed by atoms with van der Waals surface area (Å²) in [6.45, 7) is 9.89. The van der Waals surface area contributed by atoms with E-state index in [1.54, 1.807) is 56.0 Å². The number of carbonyl (C=O) groups is 6. The molecule has 14 rings (SSSR count). The number of aliphatic hydroxyl groups excluding tert-OH is 1. The van der Waals surface area contributed by atoms with Crippen molar-refractivity contribution in [2.24, 2.45) is 9.98 Å². The quantitative estimate of drug-likeness (QED) is 0.186. The molecule has 22 nitrogen and oxygen atoms in total. The van der Waals surface area contributed by atoms with Crippen molar-refractivity contribution in [3.8, 4) is 0 Å². The number of urea groups is 2. The molecule has 0 unspecified atom stereocenters. The third-order valence-electron chi connectivity index (χ3n) is 17.6. The Labute approximate surface area is 474 Å². The number of aliphatic imine (C=N–C) groups is 2. The zero-order valence-electron chi connectivity index (χ0n) is 45.4. The lowest BCUT2D eigenvalue weighted by atomic mass is 9.72. The first-order valence-corrected chi connectivity index (χ1v) is 28.3. The van der Waals surface area contributed by atoms with E-state index in [0.29, 0.717) is 70.1 Å². The average molecular weight is 1150 g/mol. The topological polar surface area (TPSA) is 253 Å². The summed E-state index contributed by atoms with van der Waals surface area (Å²) in [5.41, 5.74) is 7.08. The summed E-state index contributed by atoms with van der Waals surface area (Å²) in [5, 5.41) is 16.5. The van der Waals surface area contributed by atoms with Crippen LogP contribution in [-0.2, 0) is 30.3 Å². The van der Waals surface area contributed by atoms with E-state index in [0.717, 1.165) is 7.11 Å². The van der Waals surface area contributed by atoms with Gasteiger partial charge in [0.1, 0.15) is 33.5 Å². The number of benzene rings is 4. The average Bonchev–Trinajstić information content (AvgIpc) is 4.51. The Hall–Kier alpha value is -7.04. The molecule has 6 fully saturated rings. The molecule has 10 aliphatic heterocycles. The molecule has 10 heterocycles. The minimum atomic E-state index is -1.47. The highest BCUT2D eigenvalue weighted by Crippen LogP contribution is 2.68. The van der Waals surface area contributed by atoms with E-state index < -0.39 is 68.7 Å². The number of nitrogens with zero attached hydrogens (tertiary/aromatic N) is 10. The highest BCUT2D eigenvalue weighted by molar-refractivity contribution is 8.16. The van der Waals surface area contributed by atoms with Crippen LogP contribution in [0.4, 0.5) is 29.7 Å². The van der Waals surface area contributed by atoms with E-state index in [1.807, 2.05) is 100 Å². The molecule has 0 aliphatic carbocycles. The van der Waals surface area contributed by atoms with E-state index in [9.17, 15) is 28.8 Å². The summed E-state index contributed by atoms with van der Waals surface area (Å²) in [4.78, 5) is 104. The van der Waals surface area contributed by atoms with Gasteiger partial charge in [-0.15, -0.1) is 0 Å². The second-order valence-corrected chi connectivity index (χ2v) is 23.2. The van der Waals surface area contributed by atoms with E-state index in [4.69, 9.17) is 15.1 Å². The summed E-state index contributed by atoms with van der Waals surface area (Å²) >= 11 is 2.40. The number of carbonyl (C=O) groups excluding carboxylic acids is 6. The molecular weight excluding hydrogens is 1090 g/mol. The smallest absolute Gasteiger partial charge is 0.323 e. The maximum atomic E-state index is 15.4. The summed E-state index contributed by atoms with van der Waals surface area (Å²) in [6.07, 6.45) is -2.15. The molecule has 10 aliphatic rings. The summed E-state index contributed by atoms with van der Waals surface area (Å²) in [5.74, 6) is -3.61. The lowest BCUT2D eigenvalue weighted by Gasteiger charge is -2.41. The maximum Gasteiger partial charge on any atom is 0.323 e. The molecular formula is C55H62F2N14O8S2. The Morgan fingerprint density at radius 3 is 1.25 bits per heavy atom. The van der Waals surface area contributed by atoms with Gasteiger partial charge in [0.2, 0.25) is 0 Å². The molecule has 4 spiro atoms. The number of aliphatic hydroxyl groups is 1. The van der Waals surface area contributed by atoms with E-state index in [-0.39, 0.29) is 54.3 Å². The summed E-state index contributed by atoms with van der Waals surface area (Å²) in [6, 6.07) is 27.3. The van der Waals surface area contributed by atoms with E-state index >= 15 is 8.78 Å². The number of rotatable bonds is 6. The molecule has 0 radical (unpaired) electrons. The number of amidine groups is 2. The number of nitrogens with one attached hydrogen (secondary N) is 4. The van der Waals surface area contributed by atoms with Crippen LogP contribution in [0.5, 0.6) is 0 Å². The second-order valence-electron chi connectivity index (χ2n) is 20.8. The first kappa shape index (κ1) is 55.8. The van der Waals surface area contributed by atoms with Gasteiger partial charge in [-0.05, 0) is 77.2 Å². The fourth-order valence-electron chi connectivity index (χ4n) is 14.4. The minimum Gasteiger partial charge on any atom is -0.412 e. The predicted octanol–water partition coefficient (Wildman–Crippen LogP) is 3.42. The molecule has 4 aromatic rings. The van der Waals surface area contributed by atoms with Crippen molar-refractivity contribution >= 4 is 80.9 Å². The Kier molecular flexibility index (Phi) is 13.9. The van der Waals surface area contributed by atoms with Crippen LogP contribution in [0.1, 0.15) is 61.8 Å². The number of para-hydroxylation sites is 2. The van der Waals surface area contributed by atoms with Crippen LogP contribution < -0.4 is 21.5 Å². The fraction of sp³-hybridized carbons (Fsp3) is 0.418. The first-order chi connectivity index (χ1) is 38.6. The van der Waals surface area contributed by atoms with Crippen molar-refractivity contribution in [1.29, 1.82) is 0 Å². The van der Waals surface area contributed by atoms with E-state index in [1.165, 1.54) is 45.7 Å². The molecule has 26 heteroatoms. The maximum absolute atomic E-state index is 15.4. The number of fused-ring (bicyclic) bond motifs is 10. The van der Waals surface area contributed by atoms with Crippen molar-refractivity contribution < 1.29 is 48.1 Å². The molecule has 0 saturated carbocycles. The van der Waals surface area contributed by atoms with Gasteiger partial charge in [-0.2, -0.15) is 10.9 Å². The number of hydrazine groups is 2. The lowest BCUT2D eigenvalue weighted by molar-refractivity contribution is -0.141. The zero-order valence-corrected chi connectivity index (χ0v) is 47.0. The van der Waals surface area contributed by atoms with Crippen LogP contribution in [0.25, 0.3) is 0 Å². The number of likely N-dealkylation sites (N-methyl/N-ethyl adjacent to an activating group) is 6. The van der Waals surface area contributed by atoms with Gasteiger partial charge in [-0.1, -0.05) is 96.3 Å². The van der Waals surface area contributed by atoms with E-state index in [2.05, 4.69) is 21.5 Å². The van der Waals surface area contributed by atoms with Gasteiger partial charge < -0.3 is 31.0 Å². The predicted molar refractivity (Wildman–Crippen MR) is 300 cm³/mol. The number of hydrogen-bond donors (Lipinski definition) is 5. The Balaban J connectivity index is 0.000000163. The standard InChI is InChI=1S/2C27H28FN7O3S.CH4O.H2O/c2*1-4-33-20-21(34(5-2)25(33)38)31-35-23(37)27(39-24(35)30-20)17(15-10-6-8-12-18(15)28)14-32(3)26(27)16-11-7-9-13-19(16)29-22(26)36;1-2;/h2*6-13,17,20-21,31H,4-5,14H2,1-3H3,(H,29,36);2H,1H3;1H2/t2*17-,20+,21-,26+,27-;;/m10../s1. The van der Waals surface area contributed by atoms with Gasteiger partial charge in [0.25, 0.3) is 23.6 Å². The molecule has 426 valence electrons. The number of hydrogen-bond acceptors (Lipinski definition) is 15. The number of thioether (sulfide) groups is 2. The Morgan fingerprint density at radius 2 is 0.889 bits per heavy atom. The van der Waals surface area contributed by atoms with Crippen LogP contribution in [-0.4, -0.2) is 191 Å². The number of anilines is 2. The van der Waals surface area contributed by atoms with Crippen LogP contribution in [0, 0.1) is 11.6 Å².